The van der Waals surface area contributed by atoms with Crippen molar-refractivity contribution in [2.75, 3.05) is 19.8 Å². The Morgan fingerprint density at radius 1 is 0.486 bits per heavy atom. The Kier molecular flexibility index (Phi) is 42.2. The molecular formula is C60H109NO13. The molecule has 0 aromatic heterocycles. The molecule has 432 valence electrons. The van der Waals surface area contributed by atoms with Gasteiger partial charge in [-0.1, -0.05) is 217 Å². The van der Waals surface area contributed by atoms with Gasteiger partial charge in [0, 0.05) is 6.42 Å². The molecule has 14 heteroatoms. The number of aliphatic hydroxyl groups is 8. The van der Waals surface area contributed by atoms with Crippen LogP contribution in [0.2, 0.25) is 0 Å². The molecule has 2 aliphatic heterocycles. The van der Waals surface area contributed by atoms with E-state index in [2.05, 4.69) is 55.6 Å². The Balaban J connectivity index is 1.79. The predicted octanol–water partition coefficient (Wildman–Crippen LogP) is 10.0. The highest BCUT2D eigenvalue weighted by Crippen LogP contribution is 2.30. The highest BCUT2D eigenvalue weighted by Gasteiger charge is 2.51. The van der Waals surface area contributed by atoms with Gasteiger partial charge in [0.25, 0.3) is 0 Å². The number of nitrogens with one attached hydrogen (secondary N) is 1. The average molecular weight is 1050 g/mol. The number of rotatable bonds is 47. The number of hydrogen-bond donors (Lipinski definition) is 9. The predicted molar refractivity (Wildman–Crippen MR) is 295 cm³/mol. The summed E-state index contributed by atoms with van der Waals surface area (Å²) < 4.78 is 22.8. The summed E-state index contributed by atoms with van der Waals surface area (Å²) in [5, 5.41) is 87.1. The van der Waals surface area contributed by atoms with E-state index in [1.165, 1.54) is 135 Å². The summed E-state index contributed by atoms with van der Waals surface area (Å²) >= 11 is 0. The van der Waals surface area contributed by atoms with E-state index in [1.807, 2.05) is 6.08 Å². The number of hydrogen-bond acceptors (Lipinski definition) is 13. The fourth-order valence-corrected chi connectivity index (χ4v) is 9.65. The topological polar surface area (TPSA) is 228 Å². The van der Waals surface area contributed by atoms with E-state index in [4.69, 9.17) is 18.9 Å². The van der Waals surface area contributed by atoms with Crippen LogP contribution in [0.1, 0.15) is 232 Å². The Bertz CT molecular complexity index is 1430. The van der Waals surface area contributed by atoms with Crippen molar-refractivity contribution in [1.29, 1.82) is 0 Å². The fourth-order valence-electron chi connectivity index (χ4n) is 9.65. The van der Waals surface area contributed by atoms with Gasteiger partial charge >= 0.3 is 0 Å². The molecule has 2 aliphatic rings. The summed E-state index contributed by atoms with van der Waals surface area (Å²) in [6.07, 6.45) is 39.9. The molecule has 2 saturated heterocycles. The summed E-state index contributed by atoms with van der Waals surface area (Å²) in [6.45, 7) is 2.77. The van der Waals surface area contributed by atoms with Gasteiger partial charge < -0.3 is 65.1 Å². The Labute approximate surface area is 448 Å². The maximum Gasteiger partial charge on any atom is 0.220 e. The average Bonchev–Trinajstić information content (AvgIpc) is 3.40. The second-order valence-corrected chi connectivity index (χ2v) is 21.1. The van der Waals surface area contributed by atoms with E-state index in [1.54, 1.807) is 6.08 Å². The molecule has 9 N–H and O–H groups in total. The lowest BCUT2D eigenvalue weighted by Gasteiger charge is -2.46. The molecule has 2 rings (SSSR count). The lowest BCUT2D eigenvalue weighted by atomic mass is 9.97. The molecule has 0 spiro atoms. The van der Waals surface area contributed by atoms with Gasteiger partial charge in [-0.25, -0.2) is 0 Å². The number of unbranched alkanes of at least 4 members (excludes halogenated alkanes) is 28. The summed E-state index contributed by atoms with van der Waals surface area (Å²) in [5.74, 6) is -0.251. The third-order valence-electron chi connectivity index (χ3n) is 14.5. The number of carbonyl (C=O) groups excluding carboxylic acids is 1. The minimum Gasteiger partial charge on any atom is -0.394 e. The van der Waals surface area contributed by atoms with Gasteiger partial charge in [0.1, 0.15) is 48.8 Å². The third kappa shape index (κ3) is 31.4. The lowest BCUT2D eigenvalue weighted by molar-refractivity contribution is -0.359. The molecule has 0 radical (unpaired) electrons. The van der Waals surface area contributed by atoms with Crippen LogP contribution >= 0.6 is 0 Å². The van der Waals surface area contributed by atoms with Gasteiger partial charge in [-0.05, 0) is 57.8 Å². The number of amides is 1. The van der Waals surface area contributed by atoms with Crippen molar-refractivity contribution in [3.8, 4) is 0 Å². The Morgan fingerprint density at radius 2 is 0.892 bits per heavy atom. The molecule has 74 heavy (non-hydrogen) atoms. The number of allylic oxidation sites excluding steroid dienone is 7. The van der Waals surface area contributed by atoms with Crippen molar-refractivity contribution < 1.29 is 64.6 Å². The molecule has 0 aromatic rings. The van der Waals surface area contributed by atoms with Crippen LogP contribution < -0.4 is 5.32 Å². The summed E-state index contributed by atoms with van der Waals surface area (Å²) in [5.41, 5.74) is 0. The lowest BCUT2D eigenvalue weighted by Crippen LogP contribution is -2.65. The molecule has 1 amide bonds. The third-order valence-corrected chi connectivity index (χ3v) is 14.5. The molecular weight excluding hydrogens is 943 g/mol. The minimum atomic E-state index is -1.79. The van der Waals surface area contributed by atoms with Gasteiger partial charge in [-0.2, -0.15) is 0 Å². The number of ether oxygens (including phenoxy) is 4. The zero-order valence-electron chi connectivity index (χ0n) is 46.3. The van der Waals surface area contributed by atoms with Gasteiger partial charge in [0.2, 0.25) is 5.91 Å². The van der Waals surface area contributed by atoms with Crippen molar-refractivity contribution in [3.05, 3.63) is 48.6 Å². The number of carbonyl (C=O) groups is 1. The normalized spacial score (nSPS) is 25.5. The molecule has 2 heterocycles. The Morgan fingerprint density at radius 3 is 1.39 bits per heavy atom. The number of aliphatic hydroxyl groups excluding tert-OH is 8. The second-order valence-electron chi connectivity index (χ2n) is 21.1. The first-order valence-corrected chi connectivity index (χ1v) is 29.9. The highest BCUT2D eigenvalue weighted by atomic mass is 16.7. The maximum atomic E-state index is 13.2. The fraction of sp³-hybridized carbons (Fsp3) is 0.850. The molecule has 0 bridgehead atoms. The van der Waals surface area contributed by atoms with E-state index in [9.17, 15) is 45.6 Å². The van der Waals surface area contributed by atoms with Crippen molar-refractivity contribution >= 4 is 5.91 Å². The quantitative estimate of drug-likeness (QED) is 0.0205. The molecule has 2 fully saturated rings. The van der Waals surface area contributed by atoms with Gasteiger partial charge in [0.05, 0.1) is 32.0 Å². The van der Waals surface area contributed by atoms with Crippen LogP contribution in [0.5, 0.6) is 0 Å². The van der Waals surface area contributed by atoms with Crippen LogP contribution in [0, 0.1) is 0 Å². The first kappa shape index (κ1) is 68.1. The Hall–Kier alpha value is -2.05. The first-order chi connectivity index (χ1) is 36.1. The maximum absolute atomic E-state index is 13.2. The molecule has 12 unspecified atom stereocenters. The van der Waals surface area contributed by atoms with Crippen LogP contribution in [0.3, 0.4) is 0 Å². The van der Waals surface area contributed by atoms with E-state index in [-0.39, 0.29) is 18.9 Å². The minimum absolute atomic E-state index is 0.251. The summed E-state index contributed by atoms with van der Waals surface area (Å²) in [6, 6.07) is -0.923. The second kappa shape index (κ2) is 45.9. The summed E-state index contributed by atoms with van der Waals surface area (Å²) in [4.78, 5) is 13.2. The van der Waals surface area contributed by atoms with Crippen molar-refractivity contribution in [2.24, 2.45) is 0 Å². The van der Waals surface area contributed by atoms with E-state index >= 15 is 0 Å². The van der Waals surface area contributed by atoms with Crippen LogP contribution in [-0.4, -0.2) is 140 Å². The smallest absolute Gasteiger partial charge is 0.220 e. The van der Waals surface area contributed by atoms with Crippen LogP contribution in [0.4, 0.5) is 0 Å². The SMILES string of the molecule is CCCCC/C=C\C/C=C\C/C=C\CCCCCCCCC(=O)NC(COC1OC(CO)C(OC2OC(CO)C(O)C(O)C2O)C(O)C1O)C(O)/C=C/CCCCCCCCCCCCCCCCCCCCC. The van der Waals surface area contributed by atoms with Crippen LogP contribution in [-0.2, 0) is 23.7 Å². The van der Waals surface area contributed by atoms with Gasteiger partial charge in [-0.15, -0.1) is 0 Å². The molecule has 0 saturated carbocycles. The van der Waals surface area contributed by atoms with E-state index in [0.29, 0.717) is 6.42 Å². The monoisotopic (exact) mass is 1050 g/mol. The van der Waals surface area contributed by atoms with Crippen molar-refractivity contribution in [3.63, 3.8) is 0 Å². The van der Waals surface area contributed by atoms with Crippen molar-refractivity contribution in [1.82, 2.24) is 5.32 Å². The van der Waals surface area contributed by atoms with Gasteiger partial charge in [0.15, 0.2) is 12.6 Å². The van der Waals surface area contributed by atoms with Gasteiger partial charge in [-0.3, -0.25) is 4.79 Å². The van der Waals surface area contributed by atoms with Crippen molar-refractivity contribution in [2.45, 2.75) is 306 Å². The molecule has 0 aliphatic carbocycles. The standard InChI is InChI=1S/C60H109NO13/c1-3-5-7-9-11-13-15-17-19-21-23-24-26-27-29-31-33-35-37-39-41-43-49(64)48(61-52(65)44-42-40-38-36-34-32-30-28-25-22-20-18-16-14-12-10-8-6-4-2)47-71-59-57(70)55(68)58(51(46-63)73-59)74-60-56(69)54(67)53(66)50(45-62)72-60/h12,14,18,20,25,28,41,43,48-51,53-60,62-64,66-70H,3-11,13,15-17,19,21-24,26-27,29-40,42,44-47H2,1-2H3,(H,61,65)/b14-12-,20-18-,28-25-,43-41+. The summed E-state index contributed by atoms with van der Waals surface area (Å²) in [7, 11) is 0. The first-order valence-electron chi connectivity index (χ1n) is 29.9. The largest absolute Gasteiger partial charge is 0.394 e. The highest BCUT2D eigenvalue weighted by molar-refractivity contribution is 5.76. The van der Waals surface area contributed by atoms with E-state index in [0.717, 1.165) is 70.6 Å². The zero-order chi connectivity index (χ0) is 53.9. The van der Waals surface area contributed by atoms with Crippen LogP contribution in [0.15, 0.2) is 48.6 Å². The van der Waals surface area contributed by atoms with E-state index < -0.39 is 86.8 Å². The molecule has 14 nitrogen and oxygen atoms in total. The molecule has 0 aromatic carbocycles. The van der Waals surface area contributed by atoms with Crippen LogP contribution in [0.25, 0.3) is 0 Å². The zero-order valence-corrected chi connectivity index (χ0v) is 46.3. The molecule has 12 atom stereocenters.